The Hall–Kier alpha value is -2.42. The fourth-order valence-electron chi connectivity index (χ4n) is 3.66. The predicted octanol–water partition coefficient (Wildman–Crippen LogP) is 4.65. The molecule has 2 aromatic rings. The van der Waals surface area contributed by atoms with Crippen molar-refractivity contribution in [3.63, 3.8) is 0 Å². The van der Waals surface area contributed by atoms with E-state index in [9.17, 15) is 9.59 Å². The molecular weight excluding hydrogens is 322 g/mol. The van der Waals surface area contributed by atoms with Crippen LogP contribution in [-0.4, -0.2) is 11.7 Å². The highest BCUT2D eigenvalue weighted by molar-refractivity contribution is 5.98. The molecule has 0 saturated heterocycles. The van der Waals surface area contributed by atoms with Crippen molar-refractivity contribution in [2.75, 3.05) is 0 Å². The largest absolute Gasteiger partial charge is 0.349 e. The first-order valence-electron chi connectivity index (χ1n) is 9.54. The van der Waals surface area contributed by atoms with Crippen molar-refractivity contribution in [1.29, 1.82) is 0 Å². The number of hydrogen-bond donors (Lipinski definition) is 1. The van der Waals surface area contributed by atoms with Gasteiger partial charge in [-0.2, -0.15) is 0 Å². The molecule has 136 valence electrons. The van der Waals surface area contributed by atoms with Crippen molar-refractivity contribution >= 4 is 11.7 Å². The molecule has 1 aliphatic carbocycles. The third kappa shape index (κ3) is 4.40. The van der Waals surface area contributed by atoms with E-state index < -0.39 is 0 Å². The van der Waals surface area contributed by atoms with Crippen molar-refractivity contribution in [3.05, 3.63) is 70.8 Å². The summed E-state index contributed by atoms with van der Waals surface area (Å²) in [6.07, 6.45) is 3.83. The van der Waals surface area contributed by atoms with E-state index in [1.165, 1.54) is 17.5 Å². The molecule has 1 unspecified atom stereocenters. The Balaban J connectivity index is 1.57. The Morgan fingerprint density at radius 2 is 1.69 bits per heavy atom. The molecule has 1 aliphatic rings. The van der Waals surface area contributed by atoms with E-state index in [1.54, 1.807) is 0 Å². The minimum atomic E-state index is -0.0675. The maximum absolute atomic E-state index is 12.5. The standard InChI is InChI=1S/C23H27NO2/c1-16(2)23(18-7-4-3-5-8-18)24-22(26)14-13-21(25)20-12-11-17-9-6-10-19(17)15-20/h3-5,7-8,11-12,15-16,23H,6,9-10,13-14H2,1-2H3,(H,24,26). The Kier molecular flexibility index (Phi) is 5.87. The van der Waals surface area contributed by atoms with Crippen LogP contribution in [0.15, 0.2) is 48.5 Å². The Morgan fingerprint density at radius 1 is 0.962 bits per heavy atom. The normalized spacial score (nSPS) is 14.1. The predicted molar refractivity (Wildman–Crippen MR) is 104 cm³/mol. The molecule has 26 heavy (non-hydrogen) atoms. The SMILES string of the molecule is CC(C)C(NC(=O)CCC(=O)c1ccc2c(c1)CCC2)c1ccccc1. The van der Waals surface area contributed by atoms with Gasteiger partial charge in [-0.15, -0.1) is 0 Å². The van der Waals surface area contributed by atoms with Crippen LogP contribution < -0.4 is 5.32 Å². The van der Waals surface area contributed by atoms with E-state index >= 15 is 0 Å². The highest BCUT2D eigenvalue weighted by Gasteiger charge is 2.19. The maximum atomic E-state index is 12.5. The van der Waals surface area contributed by atoms with Crippen LogP contribution in [0.1, 0.15) is 66.2 Å². The van der Waals surface area contributed by atoms with Gasteiger partial charge in [-0.1, -0.05) is 56.3 Å². The van der Waals surface area contributed by atoms with Gasteiger partial charge in [-0.3, -0.25) is 9.59 Å². The number of Topliss-reactive ketones (excluding diaryl/α,β-unsaturated/α-hetero) is 1. The lowest BCUT2D eigenvalue weighted by Gasteiger charge is -2.23. The number of hydrogen-bond acceptors (Lipinski definition) is 2. The summed E-state index contributed by atoms with van der Waals surface area (Å²) in [6, 6.07) is 16.0. The molecule has 0 saturated carbocycles. The van der Waals surface area contributed by atoms with Gasteiger partial charge in [0.2, 0.25) is 5.91 Å². The summed E-state index contributed by atoms with van der Waals surface area (Å²) in [7, 11) is 0. The summed E-state index contributed by atoms with van der Waals surface area (Å²) in [5.74, 6) is 0.270. The number of rotatable bonds is 7. The topological polar surface area (TPSA) is 46.2 Å². The summed E-state index contributed by atoms with van der Waals surface area (Å²) >= 11 is 0. The average molecular weight is 349 g/mol. The molecule has 0 fully saturated rings. The second-order valence-corrected chi connectivity index (χ2v) is 7.46. The van der Waals surface area contributed by atoms with Crippen LogP contribution in [0.4, 0.5) is 0 Å². The Bertz CT molecular complexity index is 780. The van der Waals surface area contributed by atoms with Crippen LogP contribution in [0.3, 0.4) is 0 Å². The second kappa shape index (κ2) is 8.31. The second-order valence-electron chi connectivity index (χ2n) is 7.46. The smallest absolute Gasteiger partial charge is 0.220 e. The van der Waals surface area contributed by atoms with Gasteiger partial charge >= 0.3 is 0 Å². The van der Waals surface area contributed by atoms with Crippen LogP contribution in [-0.2, 0) is 17.6 Å². The minimum Gasteiger partial charge on any atom is -0.349 e. The van der Waals surface area contributed by atoms with E-state index in [4.69, 9.17) is 0 Å². The van der Waals surface area contributed by atoms with Crippen molar-refractivity contribution in [2.45, 2.75) is 52.0 Å². The molecule has 0 bridgehead atoms. The van der Waals surface area contributed by atoms with Crippen LogP contribution in [0, 0.1) is 5.92 Å². The number of nitrogens with one attached hydrogen (secondary N) is 1. The van der Waals surface area contributed by atoms with Gasteiger partial charge in [-0.25, -0.2) is 0 Å². The van der Waals surface area contributed by atoms with E-state index in [1.807, 2.05) is 42.5 Å². The fraction of sp³-hybridized carbons (Fsp3) is 0.391. The molecule has 1 amide bonds. The van der Waals surface area contributed by atoms with Gasteiger partial charge in [-0.05, 0) is 47.9 Å². The van der Waals surface area contributed by atoms with Gasteiger partial charge in [0.25, 0.3) is 0 Å². The monoisotopic (exact) mass is 349 g/mol. The van der Waals surface area contributed by atoms with Crippen molar-refractivity contribution in [3.8, 4) is 0 Å². The first kappa shape index (κ1) is 18.4. The van der Waals surface area contributed by atoms with E-state index in [-0.39, 0.29) is 36.5 Å². The number of aryl methyl sites for hydroxylation is 2. The molecule has 0 aliphatic heterocycles. The molecule has 2 aromatic carbocycles. The summed E-state index contributed by atoms with van der Waals surface area (Å²) in [5.41, 5.74) is 4.49. The zero-order chi connectivity index (χ0) is 18.5. The molecule has 0 radical (unpaired) electrons. The highest BCUT2D eigenvalue weighted by atomic mass is 16.2. The van der Waals surface area contributed by atoms with Gasteiger partial charge in [0.1, 0.15) is 0 Å². The van der Waals surface area contributed by atoms with Crippen molar-refractivity contribution < 1.29 is 9.59 Å². The number of fused-ring (bicyclic) bond motifs is 1. The Morgan fingerprint density at radius 3 is 2.42 bits per heavy atom. The van der Waals surface area contributed by atoms with Gasteiger partial charge in [0.05, 0.1) is 6.04 Å². The first-order chi connectivity index (χ1) is 12.5. The van der Waals surface area contributed by atoms with Crippen molar-refractivity contribution in [2.24, 2.45) is 5.92 Å². The molecule has 3 rings (SSSR count). The Labute approximate surface area is 155 Å². The quantitative estimate of drug-likeness (QED) is 0.740. The lowest BCUT2D eigenvalue weighted by atomic mass is 9.95. The van der Waals surface area contributed by atoms with Crippen LogP contribution >= 0.6 is 0 Å². The minimum absolute atomic E-state index is 0.0289. The summed E-state index contributed by atoms with van der Waals surface area (Å²) < 4.78 is 0. The van der Waals surface area contributed by atoms with E-state index in [2.05, 4.69) is 25.2 Å². The highest BCUT2D eigenvalue weighted by Crippen LogP contribution is 2.24. The van der Waals surface area contributed by atoms with Crippen LogP contribution in [0.2, 0.25) is 0 Å². The summed E-state index contributed by atoms with van der Waals surface area (Å²) in [6.45, 7) is 4.18. The molecule has 3 heteroatoms. The van der Waals surface area contributed by atoms with E-state index in [0.717, 1.165) is 24.0 Å². The number of benzene rings is 2. The molecule has 0 aromatic heterocycles. The number of amides is 1. The molecule has 3 nitrogen and oxygen atoms in total. The van der Waals surface area contributed by atoms with E-state index in [0.29, 0.717) is 0 Å². The number of carbonyl (C=O) groups is 2. The van der Waals surface area contributed by atoms with Gasteiger partial charge in [0, 0.05) is 18.4 Å². The molecule has 1 N–H and O–H groups in total. The molecule has 0 spiro atoms. The molecular formula is C23H27NO2. The zero-order valence-electron chi connectivity index (χ0n) is 15.6. The summed E-state index contributed by atoms with van der Waals surface area (Å²) in [4.78, 5) is 24.8. The first-order valence-corrected chi connectivity index (χ1v) is 9.54. The number of carbonyl (C=O) groups excluding carboxylic acids is 2. The van der Waals surface area contributed by atoms with Crippen LogP contribution in [0.5, 0.6) is 0 Å². The lowest BCUT2D eigenvalue weighted by molar-refractivity contribution is -0.122. The average Bonchev–Trinajstić information content (AvgIpc) is 3.12. The third-order valence-electron chi connectivity index (χ3n) is 5.14. The fourth-order valence-corrected chi connectivity index (χ4v) is 3.66. The lowest BCUT2D eigenvalue weighted by Crippen LogP contribution is -2.31. The van der Waals surface area contributed by atoms with Crippen molar-refractivity contribution in [1.82, 2.24) is 5.32 Å². The number of ketones is 1. The molecule has 0 heterocycles. The maximum Gasteiger partial charge on any atom is 0.220 e. The summed E-state index contributed by atoms with van der Waals surface area (Å²) in [5, 5.41) is 3.09. The third-order valence-corrected chi connectivity index (χ3v) is 5.14. The molecule has 1 atom stereocenters. The van der Waals surface area contributed by atoms with Gasteiger partial charge < -0.3 is 5.32 Å². The zero-order valence-corrected chi connectivity index (χ0v) is 15.6. The van der Waals surface area contributed by atoms with Crippen LogP contribution in [0.25, 0.3) is 0 Å². The van der Waals surface area contributed by atoms with Gasteiger partial charge in [0.15, 0.2) is 5.78 Å².